The highest BCUT2D eigenvalue weighted by Crippen LogP contribution is 2.28. The van der Waals surface area contributed by atoms with E-state index in [1.165, 1.54) is 29.6 Å². The third kappa shape index (κ3) is 5.50. The molecule has 1 aliphatic rings. The molecule has 0 spiro atoms. The predicted molar refractivity (Wildman–Crippen MR) is 121 cm³/mol. The second-order valence-electron chi connectivity index (χ2n) is 7.26. The fourth-order valence-electron chi connectivity index (χ4n) is 3.22. The maximum atomic E-state index is 12.4. The Hall–Kier alpha value is -3.27. The third-order valence-corrected chi connectivity index (χ3v) is 6.86. The summed E-state index contributed by atoms with van der Waals surface area (Å²) in [6.45, 7) is 3.04. The Kier molecular flexibility index (Phi) is 7.57. The molecule has 0 unspecified atom stereocenters. The van der Waals surface area contributed by atoms with E-state index in [0.717, 1.165) is 12.8 Å². The highest BCUT2D eigenvalue weighted by atomic mass is 32.2. The normalized spacial score (nSPS) is 14.6. The fraction of sp³-hybridized carbons (Fsp3) is 0.364. The standard InChI is InChI=1S/C22H27N3O6S/c1-3-4-13-31-19-11-8-17(15-20(19)30-2)22(27)24-23-21(26)16-6-9-18(10-7-16)25-12-5-14-32(25,28)29/h6-11,15H,3-5,12-14H2,1-2H3,(H,23,26)(H,24,27). The molecule has 1 saturated heterocycles. The first-order chi connectivity index (χ1) is 15.4. The molecule has 0 radical (unpaired) electrons. The second kappa shape index (κ2) is 10.4. The number of ether oxygens (including phenoxy) is 2. The summed E-state index contributed by atoms with van der Waals surface area (Å²) in [5, 5.41) is 0. The van der Waals surface area contributed by atoms with Crippen molar-refractivity contribution in [2.75, 3.05) is 30.3 Å². The summed E-state index contributed by atoms with van der Waals surface area (Å²) in [7, 11) is -1.80. The van der Waals surface area contributed by atoms with E-state index >= 15 is 0 Å². The Morgan fingerprint density at radius 2 is 1.66 bits per heavy atom. The molecule has 0 bridgehead atoms. The van der Waals surface area contributed by atoms with Crippen molar-refractivity contribution >= 4 is 27.5 Å². The smallest absolute Gasteiger partial charge is 0.269 e. The molecule has 2 N–H and O–H groups in total. The summed E-state index contributed by atoms with van der Waals surface area (Å²) >= 11 is 0. The van der Waals surface area contributed by atoms with Crippen molar-refractivity contribution in [2.24, 2.45) is 0 Å². The van der Waals surface area contributed by atoms with Gasteiger partial charge in [-0.2, -0.15) is 0 Å². The lowest BCUT2D eigenvalue weighted by Gasteiger charge is -2.17. The van der Waals surface area contributed by atoms with Gasteiger partial charge in [-0.3, -0.25) is 24.7 Å². The van der Waals surface area contributed by atoms with Crippen LogP contribution in [0.25, 0.3) is 0 Å². The molecule has 172 valence electrons. The summed E-state index contributed by atoms with van der Waals surface area (Å²) in [5.74, 6) is 0.0455. The van der Waals surface area contributed by atoms with Crippen molar-refractivity contribution in [3.8, 4) is 11.5 Å². The van der Waals surface area contributed by atoms with Gasteiger partial charge in [-0.25, -0.2) is 8.42 Å². The number of amides is 2. The van der Waals surface area contributed by atoms with E-state index < -0.39 is 21.8 Å². The molecule has 32 heavy (non-hydrogen) atoms. The average molecular weight is 462 g/mol. The summed E-state index contributed by atoms with van der Waals surface area (Å²) in [4.78, 5) is 24.8. The van der Waals surface area contributed by atoms with Crippen molar-refractivity contribution in [2.45, 2.75) is 26.2 Å². The van der Waals surface area contributed by atoms with Gasteiger partial charge in [-0.15, -0.1) is 0 Å². The molecule has 2 aromatic rings. The molecule has 1 aliphatic heterocycles. The quantitative estimate of drug-likeness (QED) is 0.461. The van der Waals surface area contributed by atoms with E-state index in [2.05, 4.69) is 17.8 Å². The summed E-state index contributed by atoms with van der Waals surface area (Å²) in [5.41, 5.74) is 5.80. The van der Waals surface area contributed by atoms with Gasteiger partial charge < -0.3 is 9.47 Å². The van der Waals surface area contributed by atoms with Crippen LogP contribution >= 0.6 is 0 Å². The van der Waals surface area contributed by atoms with Crippen LogP contribution in [0.15, 0.2) is 42.5 Å². The zero-order valence-electron chi connectivity index (χ0n) is 18.1. The van der Waals surface area contributed by atoms with Crippen LogP contribution in [0, 0.1) is 0 Å². The summed E-state index contributed by atoms with van der Waals surface area (Å²) in [6, 6.07) is 10.9. The van der Waals surface area contributed by atoms with E-state index in [9.17, 15) is 18.0 Å². The number of hydrogen-bond acceptors (Lipinski definition) is 6. The Morgan fingerprint density at radius 3 is 2.25 bits per heavy atom. The third-order valence-electron chi connectivity index (χ3n) is 4.99. The lowest BCUT2D eigenvalue weighted by molar-refractivity contribution is 0.0846. The van der Waals surface area contributed by atoms with Crippen LogP contribution in [-0.4, -0.2) is 46.2 Å². The van der Waals surface area contributed by atoms with Crippen molar-refractivity contribution < 1.29 is 27.5 Å². The molecule has 0 aliphatic carbocycles. The van der Waals surface area contributed by atoms with Gasteiger partial charge in [0.2, 0.25) is 10.0 Å². The van der Waals surface area contributed by atoms with Crippen LogP contribution in [0.4, 0.5) is 5.69 Å². The predicted octanol–water partition coefficient (Wildman–Crippen LogP) is 2.49. The number of rotatable bonds is 8. The number of methoxy groups -OCH3 is 1. The minimum absolute atomic E-state index is 0.123. The molecule has 10 heteroatoms. The number of hydrazine groups is 1. The lowest BCUT2D eigenvalue weighted by Crippen LogP contribution is -2.41. The molecule has 2 aromatic carbocycles. The zero-order valence-corrected chi connectivity index (χ0v) is 18.9. The first kappa shape index (κ1) is 23.4. The van der Waals surface area contributed by atoms with Crippen LogP contribution in [-0.2, 0) is 10.0 Å². The Balaban J connectivity index is 1.59. The van der Waals surface area contributed by atoms with Crippen molar-refractivity contribution in [1.82, 2.24) is 10.9 Å². The van der Waals surface area contributed by atoms with Crippen LogP contribution in [0.2, 0.25) is 0 Å². The number of nitrogens with zero attached hydrogens (tertiary/aromatic N) is 1. The number of nitrogens with one attached hydrogen (secondary N) is 2. The molecule has 3 rings (SSSR count). The first-order valence-electron chi connectivity index (χ1n) is 10.4. The summed E-state index contributed by atoms with van der Waals surface area (Å²) < 4.78 is 36.3. The van der Waals surface area contributed by atoms with E-state index in [-0.39, 0.29) is 11.3 Å². The van der Waals surface area contributed by atoms with Gasteiger partial charge in [0.25, 0.3) is 11.8 Å². The number of carbonyl (C=O) groups is 2. The topological polar surface area (TPSA) is 114 Å². The van der Waals surface area contributed by atoms with E-state index in [1.807, 2.05) is 0 Å². The molecule has 0 atom stereocenters. The van der Waals surface area contributed by atoms with Gasteiger partial charge in [0.05, 0.1) is 25.2 Å². The van der Waals surface area contributed by atoms with Crippen LogP contribution < -0.4 is 24.6 Å². The SMILES string of the molecule is CCCCOc1ccc(C(=O)NNC(=O)c2ccc(N3CCCS3(=O)=O)cc2)cc1OC. The highest BCUT2D eigenvalue weighted by Gasteiger charge is 2.28. The van der Waals surface area contributed by atoms with Crippen LogP contribution in [0.5, 0.6) is 11.5 Å². The number of benzene rings is 2. The van der Waals surface area contributed by atoms with Crippen LogP contribution in [0.1, 0.15) is 46.9 Å². The van der Waals surface area contributed by atoms with Gasteiger partial charge in [-0.05, 0) is 55.3 Å². The summed E-state index contributed by atoms with van der Waals surface area (Å²) in [6.07, 6.45) is 2.49. The average Bonchev–Trinajstić information content (AvgIpc) is 3.16. The molecular weight excluding hydrogens is 434 g/mol. The van der Waals surface area contributed by atoms with Gasteiger partial charge >= 0.3 is 0 Å². The molecule has 0 saturated carbocycles. The highest BCUT2D eigenvalue weighted by molar-refractivity contribution is 7.93. The monoisotopic (exact) mass is 461 g/mol. The number of unbranched alkanes of at least 4 members (excludes halogenated alkanes) is 1. The Morgan fingerprint density at radius 1 is 1.00 bits per heavy atom. The number of sulfonamides is 1. The van der Waals surface area contributed by atoms with Crippen molar-refractivity contribution in [3.05, 3.63) is 53.6 Å². The van der Waals surface area contributed by atoms with E-state index in [0.29, 0.717) is 42.3 Å². The number of anilines is 1. The lowest BCUT2D eigenvalue weighted by atomic mass is 10.2. The minimum atomic E-state index is -3.28. The minimum Gasteiger partial charge on any atom is -0.493 e. The second-order valence-corrected chi connectivity index (χ2v) is 9.28. The van der Waals surface area contributed by atoms with Gasteiger partial charge in [0, 0.05) is 17.7 Å². The molecule has 1 heterocycles. The van der Waals surface area contributed by atoms with Gasteiger partial charge in [0.1, 0.15) is 0 Å². The van der Waals surface area contributed by atoms with Gasteiger partial charge in [-0.1, -0.05) is 13.3 Å². The fourth-order valence-corrected chi connectivity index (χ4v) is 4.79. The van der Waals surface area contributed by atoms with E-state index in [1.54, 1.807) is 24.3 Å². The molecular formula is C22H27N3O6S. The molecule has 1 fully saturated rings. The Labute approximate surface area is 187 Å². The van der Waals surface area contributed by atoms with Crippen molar-refractivity contribution in [1.29, 1.82) is 0 Å². The zero-order chi connectivity index (χ0) is 23.1. The largest absolute Gasteiger partial charge is 0.493 e. The van der Waals surface area contributed by atoms with Gasteiger partial charge in [0.15, 0.2) is 11.5 Å². The number of carbonyl (C=O) groups excluding carboxylic acids is 2. The maximum absolute atomic E-state index is 12.4. The Bertz CT molecular complexity index is 1070. The molecule has 9 nitrogen and oxygen atoms in total. The maximum Gasteiger partial charge on any atom is 0.269 e. The van der Waals surface area contributed by atoms with Crippen molar-refractivity contribution in [3.63, 3.8) is 0 Å². The van der Waals surface area contributed by atoms with Crippen LogP contribution in [0.3, 0.4) is 0 Å². The number of hydrogen-bond donors (Lipinski definition) is 2. The molecule has 2 amide bonds. The first-order valence-corrected chi connectivity index (χ1v) is 12.0. The van der Waals surface area contributed by atoms with E-state index in [4.69, 9.17) is 9.47 Å². The molecule has 0 aromatic heterocycles.